The average Bonchev–Trinajstić information content (AvgIpc) is 2.45. The minimum Gasteiger partial charge on any atom is -0.358 e. The fourth-order valence-electron chi connectivity index (χ4n) is 1.76. The molecule has 7 heteroatoms. The summed E-state index contributed by atoms with van der Waals surface area (Å²) in [6.07, 6.45) is 0. The number of aromatic nitrogens is 2. The molecule has 0 radical (unpaired) electrons. The normalized spacial score (nSPS) is 10.8. The van der Waals surface area contributed by atoms with Crippen LogP contribution in [0.5, 0.6) is 0 Å². The third-order valence-electron chi connectivity index (χ3n) is 2.81. The van der Waals surface area contributed by atoms with Gasteiger partial charge in [-0.3, -0.25) is 14.2 Å². The van der Waals surface area contributed by atoms with Crippen LogP contribution in [0.1, 0.15) is 6.92 Å². The number of halogens is 1. The van der Waals surface area contributed by atoms with Crippen molar-refractivity contribution in [2.24, 2.45) is 0 Å². The molecule has 1 aromatic carbocycles. The van der Waals surface area contributed by atoms with E-state index in [4.69, 9.17) is 0 Å². The van der Waals surface area contributed by atoms with Crippen LogP contribution in [0, 0.1) is 0 Å². The molecule has 0 aliphatic rings. The van der Waals surface area contributed by atoms with Gasteiger partial charge in [0.1, 0.15) is 0 Å². The number of benzene rings is 1. The van der Waals surface area contributed by atoms with E-state index in [2.05, 4.69) is 26.2 Å². The second-order valence-electron chi connectivity index (χ2n) is 4.07. The molecule has 0 aliphatic heterocycles. The van der Waals surface area contributed by atoms with Gasteiger partial charge in [0, 0.05) is 18.1 Å². The standard InChI is InChI=1S/C13H14BrN3O2S/c1-3-17-12(19)9-6-8(14)4-5-10(9)16-13(17)20-7-11(18)15-2/h4-6H,3,7H2,1-2H3,(H,15,18). The number of amides is 1. The number of carbonyl (C=O) groups excluding carboxylic acids is 1. The number of nitrogens with zero attached hydrogens (tertiary/aromatic N) is 2. The van der Waals surface area contributed by atoms with Crippen LogP contribution in [0.3, 0.4) is 0 Å². The number of hydrogen-bond acceptors (Lipinski definition) is 4. The van der Waals surface area contributed by atoms with E-state index in [-0.39, 0.29) is 17.2 Å². The topological polar surface area (TPSA) is 64.0 Å². The van der Waals surface area contributed by atoms with Gasteiger partial charge >= 0.3 is 0 Å². The van der Waals surface area contributed by atoms with Gasteiger partial charge in [0.05, 0.1) is 16.7 Å². The third-order valence-corrected chi connectivity index (χ3v) is 4.28. The van der Waals surface area contributed by atoms with Gasteiger partial charge in [0.2, 0.25) is 5.91 Å². The summed E-state index contributed by atoms with van der Waals surface area (Å²) in [4.78, 5) is 28.2. The van der Waals surface area contributed by atoms with Crippen LogP contribution in [0.15, 0.2) is 32.6 Å². The van der Waals surface area contributed by atoms with Crippen LogP contribution in [0.2, 0.25) is 0 Å². The zero-order valence-corrected chi connectivity index (χ0v) is 13.5. The van der Waals surface area contributed by atoms with E-state index in [0.29, 0.717) is 22.6 Å². The summed E-state index contributed by atoms with van der Waals surface area (Å²) in [5, 5.41) is 3.69. The molecule has 2 rings (SSSR count). The summed E-state index contributed by atoms with van der Waals surface area (Å²) in [6, 6.07) is 5.41. The lowest BCUT2D eigenvalue weighted by molar-refractivity contribution is -0.118. The van der Waals surface area contributed by atoms with E-state index in [1.807, 2.05) is 13.0 Å². The molecule has 2 aromatic rings. The molecule has 1 N–H and O–H groups in total. The van der Waals surface area contributed by atoms with Crippen molar-refractivity contribution in [1.82, 2.24) is 14.9 Å². The van der Waals surface area contributed by atoms with Crippen LogP contribution >= 0.6 is 27.7 Å². The Hall–Kier alpha value is -1.34. The fourth-order valence-corrected chi connectivity index (χ4v) is 3.06. The van der Waals surface area contributed by atoms with E-state index in [1.54, 1.807) is 23.7 Å². The summed E-state index contributed by atoms with van der Waals surface area (Å²) >= 11 is 4.62. The average molecular weight is 356 g/mol. The minimum absolute atomic E-state index is 0.0850. The van der Waals surface area contributed by atoms with E-state index >= 15 is 0 Å². The highest BCUT2D eigenvalue weighted by atomic mass is 79.9. The largest absolute Gasteiger partial charge is 0.358 e. The van der Waals surface area contributed by atoms with Gasteiger partial charge in [-0.1, -0.05) is 27.7 Å². The maximum Gasteiger partial charge on any atom is 0.262 e. The molecule has 0 atom stereocenters. The van der Waals surface area contributed by atoms with Crippen LogP contribution in [0.25, 0.3) is 10.9 Å². The number of rotatable bonds is 4. The van der Waals surface area contributed by atoms with E-state index in [1.165, 1.54) is 11.8 Å². The predicted octanol–water partition coefficient (Wildman–Crippen LogP) is 2.02. The Morgan fingerprint density at radius 3 is 2.90 bits per heavy atom. The molecule has 20 heavy (non-hydrogen) atoms. The second-order valence-corrected chi connectivity index (χ2v) is 5.93. The molecule has 0 saturated heterocycles. The van der Waals surface area contributed by atoms with Crippen molar-refractivity contribution in [3.8, 4) is 0 Å². The van der Waals surface area contributed by atoms with Gasteiger partial charge in [-0.2, -0.15) is 0 Å². The van der Waals surface area contributed by atoms with Crippen molar-refractivity contribution in [2.75, 3.05) is 12.8 Å². The molecule has 106 valence electrons. The summed E-state index contributed by atoms with van der Waals surface area (Å²) in [5.74, 6) is 0.146. The molecule has 0 aliphatic carbocycles. The Morgan fingerprint density at radius 2 is 2.25 bits per heavy atom. The lowest BCUT2D eigenvalue weighted by Crippen LogP contribution is -2.24. The van der Waals surface area contributed by atoms with Crippen molar-refractivity contribution in [2.45, 2.75) is 18.6 Å². The molecule has 1 amide bonds. The smallest absolute Gasteiger partial charge is 0.262 e. The zero-order chi connectivity index (χ0) is 14.7. The van der Waals surface area contributed by atoms with Crippen LogP contribution < -0.4 is 10.9 Å². The highest BCUT2D eigenvalue weighted by molar-refractivity contribution is 9.10. The van der Waals surface area contributed by atoms with Crippen LogP contribution in [-0.2, 0) is 11.3 Å². The number of hydrogen-bond donors (Lipinski definition) is 1. The van der Waals surface area contributed by atoms with E-state index in [9.17, 15) is 9.59 Å². The van der Waals surface area contributed by atoms with Crippen molar-refractivity contribution >= 4 is 44.5 Å². The molecular weight excluding hydrogens is 342 g/mol. The lowest BCUT2D eigenvalue weighted by atomic mass is 10.2. The molecule has 0 spiro atoms. The predicted molar refractivity (Wildman–Crippen MR) is 84.2 cm³/mol. The Balaban J connectivity index is 2.51. The third kappa shape index (κ3) is 3.04. The molecule has 0 unspecified atom stereocenters. The second kappa shape index (κ2) is 6.41. The molecule has 1 heterocycles. The number of carbonyl (C=O) groups is 1. The monoisotopic (exact) mass is 355 g/mol. The minimum atomic E-state index is -0.0946. The van der Waals surface area contributed by atoms with Gasteiger partial charge in [-0.15, -0.1) is 0 Å². The Bertz CT molecular complexity index is 715. The van der Waals surface area contributed by atoms with Crippen LogP contribution in [0.4, 0.5) is 0 Å². The molecule has 5 nitrogen and oxygen atoms in total. The van der Waals surface area contributed by atoms with Crippen molar-refractivity contribution in [1.29, 1.82) is 0 Å². The zero-order valence-electron chi connectivity index (χ0n) is 11.1. The fraction of sp³-hybridized carbons (Fsp3) is 0.308. The molecular formula is C13H14BrN3O2S. The quantitative estimate of drug-likeness (QED) is 0.673. The first-order valence-corrected chi connectivity index (χ1v) is 7.88. The first-order valence-electron chi connectivity index (χ1n) is 6.10. The Kier molecular flexibility index (Phi) is 4.82. The van der Waals surface area contributed by atoms with Crippen LogP contribution in [-0.4, -0.2) is 28.3 Å². The number of fused-ring (bicyclic) bond motifs is 1. The summed E-state index contributed by atoms with van der Waals surface area (Å²) in [5.41, 5.74) is 0.556. The van der Waals surface area contributed by atoms with E-state index in [0.717, 1.165) is 4.47 Å². The summed E-state index contributed by atoms with van der Waals surface area (Å²) in [6.45, 7) is 2.40. The molecule has 0 fully saturated rings. The summed E-state index contributed by atoms with van der Waals surface area (Å²) in [7, 11) is 1.58. The SMILES string of the molecule is CCn1c(SCC(=O)NC)nc2ccc(Br)cc2c1=O. The Labute approximate surface area is 128 Å². The first-order chi connectivity index (χ1) is 9.56. The lowest BCUT2D eigenvalue weighted by Gasteiger charge is -2.10. The highest BCUT2D eigenvalue weighted by Crippen LogP contribution is 2.20. The molecule has 1 aromatic heterocycles. The highest BCUT2D eigenvalue weighted by Gasteiger charge is 2.12. The molecule has 0 saturated carbocycles. The van der Waals surface area contributed by atoms with Crippen molar-refractivity contribution in [3.05, 3.63) is 33.0 Å². The number of thioether (sulfide) groups is 1. The van der Waals surface area contributed by atoms with Crippen molar-refractivity contribution in [3.63, 3.8) is 0 Å². The maximum absolute atomic E-state index is 12.4. The van der Waals surface area contributed by atoms with Gasteiger partial charge in [-0.05, 0) is 25.1 Å². The van der Waals surface area contributed by atoms with Gasteiger partial charge in [0.25, 0.3) is 5.56 Å². The van der Waals surface area contributed by atoms with Gasteiger partial charge < -0.3 is 5.32 Å². The molecule has 0 bridgehead atoms. The summed E-state index contributed by atoms with van der Waals surface area (Å²) < 4.78 is 2.43. The van der Waals surface area contributed by atoms with Gasteiger partial charge in [-0.25, -0.2) is 4.98 Å². The maximum atomic E-state index is 12.4. The van der Waals surface area contributed by atoms with Crippen molar-refractivity contribution < 1.29 is 4.79 Å². The first kappa shape index (κ1) is 15.1. The van der Waals surface area contributed by atoms with E-state index < -0.39 is 0 Å². The Morgan fingerprint density at radius 1 is 1.50 bits per heavy atom. The van der Waals surface area contributed by atoms with Gasteiger partial charge in [0.15, 0.2) is 5.16 Å². The number of nitrogens with one attached hydrogen (secondary N) is 1.